The van der Waals surface area contributed by atoms with Gasteiger partial charge in [-0.25, -0.2) is 9.37 Å². The first-order chi connectivity index (χ1) is 11.7. The van der Waals surface area contributed by atoms with Crippen molar-refractivity contribution < 1.29 is 9.18 Å². The van der Waals surface area contributed by atoms with Crippen molar-refractivity contribution >= 4 is 22.6 Å². The number of carbonyl (C=O) groups is 1. The second-order valence-electron chi connectivity index (χ2n) is 5.58. The minimum Gasteiger partial charge on any atom is -0.296 e. The zero-order chi connectivity index (χ0) is 16.7. The zero-order valence-corrected chi connectivity index (χ0v) is 13.7. The molecule has 2 aromatic carbocycles. The van der Waals surface area contributed by atoms with Crippen LogP contribution in [-0.2, 0) is 0 Å². The van der Waals surface area contributed by atoms with Crippen LogP contribution < -0.4 is 0 Å². The van der Waals surface area contributed by atoms with Crippen LogP contribution in [-0.4, -0.2) is 15.7 Å². The van der Waals surface area contributed by atoms with Gasteiger partial charge in [0.2, 0.25) is 0 Å². The molecular formula is C19H13FN2OS. The number of halogens is 1. The Labute approximate surface area is 142 Å². The van der Waals surface area contributed by atoms with Gasteiger partial charge < -0.3 is 0 Å². The van der Waals surface area contributed by atoms with Gasteiger partial charge in [0.25, 0.3) is 0 Å². The molecule has 2 aromatic heterocycles. The summed E-state index contributed by atoms with van der Waals surface area (Å²) in [5.74, 6) is -0.312. The summed E-state index contributed by atoms with van der Waals surface area (Å²) in [7, 11) is 0. The summed E-state index contributed by atoms with van der Waals surface area (Å²) in [6.07, 6.45) is 0.809. The van der Waals surface area contributed by atoms with Crippen LogP contribution in [0.1, 0.15) is 16.1 Å². The maximum absolute atomic E-state index is 13.2. The molecule has 0 radical (unpaired) electrons. The summed E-state index contributed by atoms with van der Waals surface area (Å²) in [6, 6.07) is 14.2. The van der Waals surface area contributed by atoms with Crippen LogP contribution >= 0.6 is 11.3 Å². The van der Waals surface area contributed by atoms with E-state index >= 15 is 0 Å². The summed E-state index contributed by atoms with van der Waals surface area (Å²) >= 11 is 1.48. The van der Waals surface area contributed by atoms with Crippen molar-refractivity contribution in [3.63, 3.8) is 0 Å². The van der Waals surface area contributed by atoms with Crippen LogP contribution in [0.4, 0.5) is 4.39 Å². The fourth-order valence-corrected chi connectivity index (χ4v) is 3.64. The number of hydrogen-bond donors (Lipinski definition) is 0. The monoisotopic (exact) mass is 336 g/mol. The van der Waals surface area contributed by atoms with Crippen molar-refractivity contribution in [2.45, 2.75) is 6.92 Å². The first kappa shape index (κ1) is 14.8. The Kier molecular flexibility index (Phi) is 3.50. The lowest BCUT2D eigenvalue weighted by Crippen LogP contribution is -1.94. The second kappa shape index (κ2) is 5.69. The number of aldehydes is 1. The molecule has 118 valence electrons. The van der Waals surface area contributed by atoms with E-state index in [0.29, 0.717) is 11.4 Å². The topological polar surface area (TPSA) is 34.4 Å². The van der Waals surface area contributed by atoms with Gasteiger partial charge in [0.05, 0.1) is 5.69 Å². The summed E-state index contributed by atoms with van der Waals surface area (Å²) in [5.41, 5.74) is 4.91. The third kappa shape index (κ3) is 2.34. The van der Waals surface area contributed by atoms with Crippen LogP contribution in [0.15, 0.2) is 53.9 Å². The van der Waals surface area contributed by atoms with Crippen LogP contribution in [0.3, 0.4) is 0 Å². The Morgan fingerprint density at radius 2 is 1.71 bits per heavy atom. The van der Waals surface area contributed by atoms with E-state index in [4.69, 9.17) is 0 Å². The van der Waals surface area contributed by atoms with E-state index in [-0.39, 0.29) is 5.82 Å². The molecule has 2 heterocycles. The van der Waals surface area contributed by atoms with Crippen molar-refractivity contribution in [2.24, 2.45) is 0 Å². The predicted octanol–water partition coefficient (Wildman–Crippen LogP) is 4.99. The number of hydrogen-bond acceptors (Lipinski definition) is 3. The van der Waals surface area contributed by atoms with Gasteiger partial charge in [-0.2, -0.15) is 0 Å². The molecule has 0 fully saturated rings. The molecule has 4 aromatic rings. The highest BCUT2D eigenvalue weighted by molar-refractivity contribution is 7.15. The number of aryl methyl sites for hydroxylation is 1. The van der Waals surface area contributed by atoms with Crippen molar-refractivity contribution in [1.82, 2.24) is 9.38 Å². The summed E-state index contributed by atoms with van der Waals surface area (Å²) in [4.78, 5) is 17.1. The van der Waals surface area contributed by atoms with Gasteiger partial charge in [0.1, 0.15) is 17.2 Å². The fourth-order valence-electron chi connectivity index (χ4n) is 2.74. The molecule has 0 aliphatic heterocycles. The molecule has 0 aliphatic carbocycles. The van der Waals surface area contributed by atoms with Gasteiger partial charge in [0, 0.05) is 10.9 Å². The fraction of sp³-hybridized carbons (Fsp3) is 0.0526. The highest BCUT2D eigenvalue weighted by atomic mass is 32.1. The molecule has 0 amide bonds. The number of imidazole rings is 1. The molecule has 0 bridgehead atoms. The first-order valence-corrected chi connectivity index (χ1v) is 8.33. The van der Waals surface area contributed by atoms with E-state index in [1.54, 1.807) is 12.1 Å². The van der Waals surface area contributed by atoms with Crippen molar-refractivity contribution in [3.8, 4) is 22.5 Å². The van der Waals surface area contributed by atoms with E-state index in [1.165, 1.54) is 29.0 Å². The zero-order valence-electron chi connectivity index (χ0n) is 12.9. The van der Waals surface area contributed by atoms with Crippen LogP contribution in [0.5, 0.6) is 0 Å². The standard InChI is InChI=1S/C19H13FN2OS/c1-12-2-4-13(5-3-12)17-11-24-19-21-18(16(10-23)22(17)19)14-6-8-15(20)9-7-14/h2-11H,1H3. The summed E-state index contributed by atoms with van der Waals surface area (Å²) in [6.45, 7) is 2.04. The smallest absolute Gasteiger partial charge is 0.195 e. The molecule has 3 nitrogen and oxygen atoms in total. The molecule has 0 unspecified atom stereocenters. The largest absolute Gasteiger partial charge is 0.296 e. The van der Waals surface area contributed by atoms with Gasteiger partial charge in [-0.1, -0.05) is 29.8 Å². The molecule has 5 heteroatoms. The van der Waals surface area contributed by atoms with Gasteiger partial charge in [-0.3, -0.25) is 9.20 Å². The Balaban J connectivity index is 1.94. The highest BCUT2D eigenvalue weighted by Crippen LogP contribution is 2.32. The van der Waals surface area contributed by atoms with Gasteiger partial charge in [-0.15, -0.1) is 11.3 Å². The number of benzene rings is 2. The number of carbonyl (C=O) groups excluding carboxylic acids is 1. The lowest BCUT2D eigenvalue weighted by molar-refractivity contribution is 0.111. The Hall–Kier alpha value is -2.79. The van der Waals surface area contributed by atoms with E-state index in [2.05, 4.69) is 4.98 Å². The lowest BCUT2D eigenvalue weighted by Gasteiger charge is -2.03. The normalized spacial score (nSPS) is 11.1. The third-order valence-corrected chi connectivity index (χ3v) is 4.80. The van der Waals surface area contributed by atoms with Crippen LogP contribution in [0, 0.1) is 12.7 Å². The number of nitrogens with zero attached hydrogens (tertiary/aromatic N) is 2. The number of rotatable bonds is 3. The molecule has 0 atom stereocenters. The average molecular weight is 336 g/mol. The van der Waals surface area contributed by atoms with Crippen LogP contribution in [0.2, 0.25) is 0 Å². The predicted molar refractivity (Wildman–Crippen MR) is 94.0 cm³/mol. The molecule has 24 heavy (non-hydrogen) atoms. The third-order valence-electron chi connectivity index (χ3n) is 3.98. The maximum atomic E-state index is 13.2. The van der Waals surface area contributed by atoms with Gasteiger partial charge in [0.15, 0.2) is 11.2 Å². The van der Waals surface area contributed by atoms with Gasteiger partial charge >= 0.3 is 0 Å². The van der Waals surface area contributed by atoms with E-state index in [0.717, 1.165) is 28.1 Å². The summed E-state index contributed by atoms with van der Waals surface area (Å²) in [5, 5.41) is 1.99. The molecule has 4 rings (SSSR count). The summed E-state index contributed by atoms with van der Waals surface area (Å²) < 4.78 is 15.0. The van der Waals surface area contributed by atoms with Gasteiger partial charge in [-0.05, 0) is 36.8 Å². The molecule has 0 aliphatic rings. The lowest BCUT2D eigenvalue weighted by atomic mass is 10.1. The molecule has 0 spiro atoms. The van der Waals surface area contributed by atoms with E-state index in [1.807, 2.05) is 41.0 Å². The minimum atomic E-state index is -0.312. The SMILES string of the molecule is Cc1ccc(-c2csc3nc(-c4ccc(F)cc4)c(C=O)n23)cc1. The first-order valence-electron chi connectivity index (χ1n) is 7.45. The number of thiazole rings is 1. The highest BCUT2D eigenvalue weighted by Gasteiger charge is 2.18. The Morgan fingerprint density at radius 3 is 2.38 bits per heavy atom. The average Bonchev–Trinajstić information content (AvgIpc) is 3.15. The van der Waals surface area contributed by atoms with Crippen molar-refractivity contribution in [1.29, 1.82) is 0 Å². The van der Waals surface area contributed by atoms with Crippen molar-refractivity contribution in [3.05, 3.63) is 71.0 Å². The number of fused-ring (bicyclic) bond motifs is 1. The minimum absolute atomic E-state index is 0.312. The molecule has 0 saturated heterocycles. The number of aromatic nitrogens is 2. The van der Waals surface area contributed by atoms with Crippen molar-refractivity contribution in [2.75, 3.05) is 0 Å². The second-order valence-corrected chi connectivity index (χ2v) is 6.41. The maximum Gasteiger partial charge on any atom is 0.195 e. The molecule has 0 N–H and O–H groups in total. The Bertz CT molecular complexity index is 1030. The van der Waals surface area contributed by atoms with E-state index < -0.39 is 0 Å². The van der Waals surface area contributed by atoms with E-state index in [9.17, 15) is 9.18 Å². The molecule has 0 saturated carbocycles. The Morgan fingerprint density at radius 1 is 1.04 bits per heavy atom. The van der Waals surface area contributed by atoms with Crippen LogP contribution in [0.25, 0.3) is 27.5 Å². The molecular weight excluding hydrogens is 323 g/mol. The quantitative estimate of drug-likeness (QED) is 0.494.